The highest BCUT2D eigenvalue weighted by molar-refractivity contribution is 8.00. The van der Waals surface area contributed by atoms with E-state index in [0.717, 1.165) is 47.8 Å². The Morgan fingerprint density at radius 2 is 2.06 bits per heavy atom. The lowest BCUT2D eigenvalue weighted by Crippen LogP contribution is -2.71. The van der Waals surface area contributed by atoms with Gasteiger partial charge in [-0.2, -0.15) is 0 Å². The molecule has 3 amide bonds. The maximum absolute atomic E-state index is 13.3. The minimum Gasteiger partial charge on any atom is -0.477 e. The van der Waals surface area contributed by atoms with Crippen molar-refractivity contribution in [3.63, 3.8) is 0 Å². The number of thiophene rings is 1. The van der Waals surface area contributed by atoms with Crippen molar-refractivity contribution in [2.24, 2.45) is 5.16 Å². The maximum Gasteiger partial charge on any atom is 0.352 e. The van der Waals surface area contributed by atoms with E-state index in [2.05, 4.69) is 20.9 Å². The van der Waals surface area contributed by atoms with E-state index in [9.17, 15) is 24.3 Å². The van der Waals surface area contributed by atoms with Crippen LogP contribution in [0.1, 0.15) is 33.8 Å². The summed E-state index contributed by atoms with van der Waals surface area (Å²) in [5, 5.41) is 19.9. The molecule has 49 heavy (non-hydrogen) atoms. The predicted octanol–water partition coefficient (Wildman–Crippen LogP) is 1.36. The van der Waals surface area contributed by atoms with Gasteiger partial charge in [0.2, 0.25) is 0 Å². The molecule has 0 saturated carbocycles. The number of nitrogens with zero attached hydrogens (tertiary/aromatic N) is 7. The number of carboxylic acid groups (broad SMARTS) is 1. The molecule has 2 saturated heterocycles. The SMILES string of the molecule is CO/N=C(\C(=O)N[C@@H]1C(=O)N2C(C(=O)O)=C(Cn3ccc4n3cc[n+]4Cc3cc(C(=O)NN4CCCC4)cs3)CS[C@H]12)c1nc(N)sc1Cl. The number of oxime groups is 1. The minimum atomic E-state index is -1.24. The monoisotopic (exact) mass is 745 g/mol. The van der Waals surface area contributed by atoms with Crippen molar-refractivity contribution in [1.82, 2.24) is 34.8 Å². The average molecular weight is 746 g/mol. The third kappa shape index (κ3) is 6.27. The normalized spacial score (nSPS) is 19.7. The summed E-state index contributed by atoms with van der Waals surface area (Å²) in [4.78, 5) is 62.7. The molecule has 7 heterocycles. The maximum atomic E-state index is 13.3. The number of carboxylic acids is 1. The van der Waals surface area contributed by atoms with Gasteiger partial charge in [0.25, 0.3) is 17.7 Å². The summed E-state index contributed by atoms with van der Waals surface area (Å²) in [6, 6.07) is 2.82. The largest absolute Gasteiger partial charge is 0.477 e. The van der Waals surface area contributed by atoms with Gasteiger partial charge in [-0.15, -0.1) is 27.6 Å². The molecule has 0 unspecified atom stereocenters. The molecule has 0 radical (unpaired) electrons. The van der Waals surface area contributed by atoms with Crippen molar-refractivity contribution in [1.29, 1.82) is 0 Å². The van der Waals surface area contributed by atoms with Crippen molar-refractivity contribution < 1.29 is 33.7 Å². The highest BCUT2D eigenvalue weighted by Crippen LogP contribution is 2.41. The fourth-order valence-electron chi connectivity index (χ4n) is 6.05. The fourth-order valence-corrected chi connectivity index (χ4v) is 9.17. The zero-order valence-corrected chi connectivity index (χ0v) is 29.1. The number of thiazole rings is 1. The van der Waals surface area contributed by atoms with Crippen molar-refractivity contribution in [3.05, 3.63) is 67.8 Å². The molecule has 5 N–H and O–H groups in total. The highest BCUT2D eigenvalue weighted by Gasteiger charge is 2.54. The second-order valence-corrected chi connectivity index (χ2v) is 15.1. The number of anilines is 1. The quantitative estimate of drug-likeness (QED) is 0.0755. The van der Waals surface area contributed by atoms with Crippen molar-refractivity contribution in [2.75, 3.05) is 31.7 Å². The summed E-state index contributed by atoms with van der Waals surface area (Å²) in [6.45, 7) is 2.50. The first kappa shape index (κ1) is 33.1. The number of nitrogens with one attached hydrogen (secondary N) is 2. The Morgan fingerprint density at radius 3 is 2.78 bits per heavy atom. The molecule has 7 rings (SSSR count). The number of rotatable bonds is 11. The van der Waals surface area contributed by atoms with E-state index in [1.807, 2.05) is 54.9 Å². The smallest absolute Gasteiger partial charge is 0.352 e. The van der Waals surface area contributed by atoms with Gasteiger partial charge < -0.3 is 21.0 Å². The summed E-state index contributed by atoms with van der Waals surface area (Å²) in [5.41, 5.74) is 10.4. The number of aromatic nitrogens is 4. The Kier molecular flexibility index (Phi) is 9.09. The van der Waals surface area contributed by atoms with Crippen LogP contribution < -0.4 is 21.0 Å². The zero-order chi connectivity index (χ0) is 34.4. The van der Waals surface area contributed by atoms with Crippen LogP contribution in [-0.2, 0) is 32.3 Å². The molecule has 2 atom stereocenters. The van der Waals surface area contributed by atoms with Crippen molar-refractivity contribution in [2.45, 2.75) is 37.3 Å². The van der Waals surface area contributed by atoms with Crippen LogP contribution in [0.5, 0.6) is 0 Å². The Balaban J connectivity index is 1.04. The van der Waals surface area contributed by atoms with E-state index in [-0.39, 0.29) is 39.0 Å². The highest BCUT2D eigenvalue weighted by atomic mass is 35.5. The fraction of sp³-hybridized carbons (Fsp3) is 0.345. The summed E-state index contributed by atoms with van der Waals surface area (Å²) >= 11 is 9.99. The third-order valence-corrected chi connectivity index (χ3v) is 11.7. The molecule has 0 spiro atoms. The molecule has 20 heteroatoms. The molecular weight excluding hydrogens is 716 g/mol. The number of hydrogen-bond donors (Lipinski definition) is 4. The van der Waals surface area contributed by atoms with Crippen LogP contribution in [0.2, 0.25) is 4.34 Å². The van der Waals surface area contributed by atoms with Gasteiger partial charge in [-0.3, -0.25) is 24.7 Å². The lowest BCUT2D eigenvalue weighted by atomic mass is 10.0. The van der Waals surface area contributed by atoms with Gasteiger partial charge in [0, 0.05) is 29.1 Å². The number of amides is 3. The molecule has 0 aromatic carbocycles. The van der Waals surface area contributed by atoms with E-state index >= 15 is 0 Å². The van der Waals surface area contributed by atoms with Crippen LogP contribution in [0.15, 0.2) is 52.5 Å². The van der Waals surface area contributed by atoms with Gasteiger partial charge >= 0.3 is 11.6 Å². The Morgan fingerprint density at radius 1 is 1.27 bits per heavy atom. The number of β-lactam (4-membered cyclic amide) rings is 1. The Hall–Kier alpha value is -4.43. The lowest BCUT2D eigenvalue weighted by Gasteiger charge is -2.49. The first-order chi connectivity index (χ1) is 23.6. The molecule has 0 aliphatic carbocycles. The van der Waals surface area contributed by atoms with E-state index in [1.54, 1.807) is 0 Å². The molecule has 3 aliphatic rings. The third-order valence-electron chi connectivity index (χ3n) is 8.31. The Labute approximate surface area is 295 Å². The standard InChI is InChI=1S/C29H29ClN10O6S3/c1-46-35-20(19-23(30)49-29(31)33-19)25(42)32-21-26(43)40-22(28(44)45)16(14-48-27(21)40)11-38-7-4-18-36(8-9-39(18)38)12-17-10-15(13-47-17)24(41)34-37-5-2-3-6-37/h4,7-10,13,21,27H,2-3,5-6,11-12,14H2,1H3,(H4-,31,32,33,34,41,42,44,45)/p+1/b35-20-/t21-,27-/m1/s1. The van der Waals surface area contributed by atoms with Crippen LogP contribution in [0, 0.1) is 0 Å². The molecule has 2 fully saturated rings. The molecule has 3 aliphatic heterocycles. The summed E-state index contributed by atoms with van der Waals surface area (Å²) < 4.78 is 5.95. The number of hydrazine groups is 1. The number of carbonyl (C=O) groups is 4. The van der Waals surface area contributed by atoms with E-state index in [0.29, 0.717) is 23.4 Å². The molecule has 16 nitrogen and oxygen atoms in total. The van der Waals surface area contributed by atoms with Crippen molar-refractivity contribution >= 4 is 86.2 Å². The lowest BCUT2D eigenvalue weighted by molar-refractivity contribution is -0.661. The summed E-state index contributed by atoms with van der Waals surface area (Å²) in [5.74, 6) is -2.36. The summed E-state index contributed by atoms with van der Waals surface area (Å²) in [6.07, 6.45) is 7.82. The van der Waals surface area contributed by atoms with E-state index < -0.39 is 29.2 Å². The number of nitrogens with two attached hydrogens (primary N) is 1. The number of fused-ring (bicyclic) bond motifs is 2. The molecular formula is C29H30ClN10O6S3+. The number of imidazole rings is 1. The van der Waals surface area contributed by atoms with Crippen LogP contribution >= 0.6 is 46.0 Å². The molecule has 256 valence electrons. The average Bonchev–Trinajstić information content (AvgIpc) is 3.91. The second kappa shape index (κ2) is 13.5. The van der Waals surface area contributed by atoms with Gasteiger partial charge in [-0.1, -0.05) is 28.1 Å². The van der Waals surface area contributed by atoms with Gasteiger partial charge in [-0.25, -0.2) is 24.0 Å². The van der Waals surface area contributed by atoms with Gasteiger partial charge in [0.05, 0.1) is 24.4 Å². The van der Waals surface area contributed by atoms with Crippen LogP contribution in [0.25, 0.3) is 5.65 Å². The molecule has 4 aromatic rings. The predicted molar refractivity (Wildman–Crippen MR) is 182 cm³/mol. The first-order valence-corrected chi connectivity index (χ1v) is 18.2. The topological polar surface area (TPSA) is 193 Å². The number of nitrogen functional groups attached to an aromatic ring is 1. The van der Waals surface area contributed by atoms with Crippen LogP contribution in [-0.4, -0.2) is 96.0 Å². The summed E-state index contributed by atoms with van der Waals surface area (Å²) in [7, 11) is 1.25. The Bertz CT molecular complexity index is 2040. The van der Waals surface area contributed by atoms with E-state index in [1.165, 1.54) is 35.1 Å². The van der Waals surface area contributed by atoms with Gasteiger partial charge in [0.1, 0.15) is 47.0 Å². The number of aliphatic carboxylic acids is 1. The molecule has 0 bridgehead atoms. The number of hydrogen-bond acceptors (Lipinski definition) is 12. The van der Waals surface area contributed by atoms with Gasteiger partial charge in [-0.05, 0) is 24.5 Å². The van der Waals surface area contributed by atoms with Crippen molar-refractivity contribution in [3.8, 4) is 0 Å². The first-order valence-electron chi connectivity index (χ1n) is 15.1. The second-order valence-electron chi connectivity index (χ2n) is 11.4. The molecule has 4 aromatic heterocycles. The number of halogens is 1. The zero-order valence-electron chi connectivity index (χ0n) is 25.9. The minimum absolute atomic E-state index is 0.0154. The van der Waals surface area contributed by atoms with Crippen LogP contribution in [0.3, 0.4) is 0 Å². The van der Waals surface area contributed by atoms with Gasteiger partial charge in [0.15, 0.2) is 17.0 Å². The van der Waals surface area contributed by atoms with Crippen LogP contribution in [0.4, 0.5) is 5.13 Å². The number of carbonyl (C=O) groups excluding carboxylic acids is 3. The van der Waals surface area contributed by atoms with E-state index in [4.69, 9.17) is 22.2 Å². The number of thioether (sulfide) groups is 1.